The highest BCUT2D eigenvalue weighted by Gasteiger charge is 2.31. The first-order valence-corrected chi connectivity index (χ1v) is 13.9. The van der Waals surface area contributed by atoms with Crippen LogP contribution in [0.4, 0.5) is 4.39 Å². The predicted molar refractivity (Wildman–Crippen MR) is 141 cm³/mol. The largest absolute Gasteiger partial charge is 0.352 e. The van der Waals surface area contributed by atoms with E-state index in [1.165, 1.54) is 30.1 Å². The molecule has 0 radical (unpaired) electrons. The Morgan fingerprint density at radius 3 is 2.32 bits per heavy atom. The van der Waals surface area contributed by atoms with Crippen molar-refractivity contribution >= 4 is 32.6 Å². The van der Waals surface area contributed by atoms with Crippen LogP contribution in [-0.4, -0.2) is 55.1 Å². The summed E-state index contributed by atoms with van der Waals surface area (Å²) in [6.07, 6.45) is 3.90. The first kappa shape index (κ1) is 26.8. The number of sulfonamides is 1. The average Bonchev–Trinajstić information content (AvgIpc) is 3.40. The molecular formula is C28H32FN3O4S. The molecule has 9 heteroatoms. The normalized spacial score (nSPS) is 15.1. The van der Waals surface area contributed by atoms with E-state index in [-0.39, 0.29) is 23.4 Å². The fourth-order valence-electron chi connectivity index (χ4n) is 4.64. The second-order valence-corrected chi connectivity index (χ2v) is 11.6. The van der Waals surface area contributed by atoms with Crippen molar-refractivity contribution in [3.8, 4) is 0 Å². The van der Waals surface area contributed by atoms with E-state index >= 15 is 0 Å². The monoisotopic (exact) mass is 525 g/mol. The van der Waals surface area contributed by atoms with E-state index < -0.39 is 34.3 Å². The molecule has 3 aromatic rings. The molecule has 196 valence electrons. The van der Waals surface area contributed by atoms with Crippen molar-refractivity contribution < 1.29 is 22.4 Å². The molecule has 0 unspecified atom stereocenters. The second-order valence-electron chi connectivity index (χ2n) is 9.58. The molecular weight excluding hydrogens is 493 g/mol. The van der Waals surface area contributed by atoms with Gasteiger partial charge in [-0.1, -0.05) is 55.3 Å². The summed E-state index contributed by atoms with van der Waals surface area (Å²) in [7, 11) is -2.62. The number of nitrogens with one attached hydrogen (secondary N) is 1. The van der Waals surface area contributed by atoms with Crippen LogP contribution >= 0.6 is 0 Å². The van der Waals surface area contributed by atoms with E-state index in [1.807, 2.05) is 24.3 Å². The quantitative estimate of drug-likeness (QED) is 0.456. The van der Waals surface area contributed by atoms with Gasteiger partial charge in [-0.2, -0.15) is 4.31 Å². The lowest BCUT2D eigenvalue weighted by atomic mass is 10.1. The zero-order valence-electron chi connectivity index (χ0n) is 21.1. The smallest absolute Gasteiger partial charge is 0.243 e. The van der Waals surface area contributed by atoms with Crippen molar-refractivity contribution in [3.63, 3.8) is 0 Å². The first-order valence-electron chi connectivity index (χ1n) is 12.4. The highest BCUT2D eigenvalue weighted by molar-refractivity contribution is 7.89. The van der Waals surface area contributed by atoms with E-state index in [0.29, 0.717) is 5.56 Å². The Balaban J connectivity index is 1.54. The summed E-state index contributed by atoms with van der Waals surface area (Å²) >= 11 is 0. The minimum atomic E-state index is -3.97. The summed E-state index contributed by atoms with van der Waals surface area (Å²) < 4.78 is 41.0. The Hall–Kier alpha value is -3.30. The second kappa shape index (κ2) is 11.4. The Morgan fingerprint density at radius 2 is 1.65 bits per heavy atom. The van der Waals surface area contributed by atoms with Crippen LogP contribution in [0, 0.1) is 5.82 Å². The molecule has 0 aromatic heterocycles. The molecule has 0 saturated heterocycles. The molecule has 1 aliphatic carbocycles. The third-order valence-electron chi connectivity index (χ3n) is 6.92. The molecule has 0 aliphatic heterocycles. The maximum atomic E-state index is 13.5. The lowest BCUT2D eigenvalue weighted by Crippen LogP contribution is -2.52. The number of carbonyl (C=O) groups is 2. The van der Waals surface area contributed by atoms with Crippen LogP contribution in [0.2, 0.25) is 0 Å². The van der Waals surface area contributed by atoms with Crippen LogP contribution in [0.25, 0.3) is 10.8 Å². The van der Waals surface area contributed by atoms with Gasteiger partial charge in [0, 0.05) is 19.6 Å². The summed E-state index contributed by atoms with van der Waals surface area (Å²) in [5.74, 6) is -1.22. The number of hydrogen-bond acceptors (Lipinski definition) is 4. The number of fused-ring (bicyclic) bond motifs is 1. The minimum absolute atomic E-state index is 0.0439. The highest BCUT2D eigenvalue weighted by atomic mass is 32.2. The van der Waals surface area contributed by atoms with Gasteiger partial charge in [0.1, 0.15) is 11.9 Å². The van der Waals surface area contributed by atoms with E-state index in [2.05, 4.69) is 5.32 Å². The minimum Gasteiger partial charge on any atom is -0.352 e. The fourth-order valence-corrected chi connectivity index (χ4v) is 5.79. The van der Waals surface area contributed by atoms with Crippen LogP contribution in [0.5, 0.6) is 0 Å². The van der Waals surface area contributed by atoms with Crippen molar-refractivity contribution in [3.05, 3.63) is 78.1 Å². The third kappa shape index (κ3) is 6.34. The van der Waals surface area contributed by atoms with E-state index in [1.54, 1.807) is 31.2 Å². The maximum Gasteiger partial charge on any atom is 0.243 e. The molecule has 2 amide bonds. The van der Waals surface area contributed by atoms with Gasteiger partial charge < -0.3 is 10.2 Å². The molecule has 3 aromatic carbocycles. The van der Waals surface area contributed by atoms with Gasteiger partial charge in [0.2, 0.25) is 21.8 Å². The molecule has 0 heterocycles. The van der Waals surface area contributed by atoms with E-state index in [4.69, 9.17) is 0 Å². The fraction of sp³-hybridized carbons (Fsp3) is 0.357. The SMILES string of the molecule is C[C@@H](C(=O)NC1CCCC1)N(Cc1ccc(F)cc1)C(=O)CN(C)S(=O)(=O)c1ccc2ccccc2c1. The summed E-state index contributed by atoms with van der Waals surface area (Å²) in [5.41, 5.74) is 0.635. The van der Waals surface area contributed by atoms with Crippen LogP contribution < -0.4 is 5.32 Å². The first-order chi connectivity index (χ1) is 17.6. The summed E-state index contributed by atoms with van der Waals surface area (Å²) in [4.78, 5) is 27.9. The molecule has 4 rings (SSSR count). The summed E-state index contributed by atoms with van der Waals surface area (Å²) in [6.45, 7) is 1.23. The number of rotatable bonds is 9. The number of likely N-dealkylation sites (N-methyl/N-ethyl adjacent to an activating group) is 1. The molecule has 1 N–H and O–H groups in total. The molecule has 37 heavy (non-hydrogen) atoms. The molecule has 1 saturated carbocycles. The standard InChI is InChI=1S/C28H32FN3O4S/c1-20(28(34)30-25-9-5-6-10-25)32(18-21-11-14-24(29)15-12-21)27(33)19-31(2)37(35,36)26-16-13-22-7-3-4-8-23(22)17-26/h3-4,7-8,11-17,20,25H,5-6,9-10,18-19H2,1-2H3,(H,30,34)/t20-/m0/s1. The molecule has 1 fully saturated rings. The molecule has 0 bridgehead atoms. The van der Waals surface area contributed by atoms with Crippen molar-refractivity contribution in [1.82, 2.24) is 14.5 Å². The van der Waals surface area contributed by atoms with Crippen molar-refractivity contribution in [2.24, 2.45) is 0 Å². The number of hydrogen-bond donors (Lipinski definition) is 1. The Kier molecular flexibility index (Phi) is 8.24. The van der Waals surface area contributed by atoms with Crippen LogP contribution in [-0.2, 0) is 26.2 Å². The lowest BCUT2D eigenvalue weighted by Gasteiger charge is -2.31. The number of amides is 2. The molecule has 1 aliphatic rings. The van der Waals surface area contributed by atoms with Crippen LogP contribution in [0.15, 0.2) is 71.6 Å². The molecule has 1 atom stereocenters. The lowest BCUT2D eigenvalue weighted by molar-refractivity contribution is -0.140. The number of benzene rings is 3. The topological polar surface area (TPSA) is 86.8 Å². The van der Waals surface area contributed by atoms with Gasteiger partial charge in [0.05, 0.1) is 11.4 Å². The van der Waals surface area contributed by atoms with Gasteiger partial charge in [-0.25, -0.2) is 12.8 Å². The van der Waals surface area contributed by atoms with Gasteiger partial charge in [0.15, 0.2) is 0 Å². The average molecular weight is 526 g/mol. The maximum absolute atomic E-state index is 13.5. The number of halogens is 1. The Bertz CT molecular complexity index is 1370. The molecule has 0 spiro atoms. The van der Waals surface area contributed by atoms with Gasteiger partial charge in [-0.05, 0) is 60.4 Å². The summed E-state index contributed by atoms with van der Waals surface area (Å²) in [5, 5.41) is 4.70. The highest BCUT2D eigenvalue weighted by Crippen LogP contribution is 2.22. The van der Waals surface area contributed by atoms with Crippen molar-refractivity contribution in [1.29, 1.82) is 0 Å². The Labute approximate surface area is 217 Å². The van der Waals surface area contributed by atoms with Gasteiger partial charge in [-0.3, -0.25) is 9.59 Å². The zero-order chi connectivity index (χ0) is 26.6. The summed E-state index contributed by atoms with van der Waals surface area (Å²) in [6, 6.07) is 17.2. The van der Waals surface area contributed by atoms with Gasteiger partial charge in [0.25, 0.3) is 0 Å². The predicted octanol–water partition coefficient (Wildman–Crippen LogP) is 4.08. The molecule has 7 nitrogen and oxygen atoms in total. The van der Waals surface area contributed by atoms with E-state index in [0.717, 1.165) is 40.8 Å². The van der Waals surface area contributed by atoms with Crippen LogP contribution in [0.3, 0.4) is 0 Å². The van der Waals surface area contributed by atoms with E-state index in [9.17, 15) is 22.4 Å². The van der Waals surface area contributed by atoms with Gasteiger partial charge >= 0.3 is 0 Å². The van der Waals surface area contributed by atoms with Crippen molar-refractivity contribution in [2.45, 2.75) is 56.1 Å². The number of carbonyl (C=O) groups excluding carboxylic acids is 2. The zero-order valence-corrected chi connectivity index (χ0v) is 21.9. The van der Waals surface area contributed by atoms with Crippen LogP contribution in [0.1, 0.15) is 38.2 Å². The van der Waals surface area contributed by atoms with Gasteiger partial charge in [-0.15, -0.1) is 0 Å². The third-order valence-corrected chi connectivity index (χ3v) is 8.72. The number of nitrogens with zero attached hydrogens (tertiary/aromatic N) is 2. The van der Waals surface area contributed by atoms with Crippen molar-refractivity contribution in [2.75, 3.05) is 13.6 Å². The Morgan fingerprint density at radius 1 is 1.00 bits per heavy atom.